The van der Waals surface area contributed by atoms with Crippen LogP contribution in [-0.2, 0) is 5.41 Å². The number of alkyl halides is 2. The third kappa shape index (κ3) is 6.08. The van der Waals surface area contributed by atoms with E-state index < -0.39 is 11.3 Å². The summed E-state index contributed by atoms with van der Waals surface area (Å²) in [4.78, 5) is 4.60. The molecular formula is C33H37F3N4. The van der Waals surface area contributed by atoms with Gasteiger partial charge in [-0.2, -0.15) is 5.10 Å². The van der Waals surface area contributed by atoms with Gasteiger partial charge in [-0.25, -0.2) is 22.7 Å². The lowest BCUT2D eigenvalue weighted by Gasteiger charge is -2.19. The highest BCUT2D eigenvalue weighted by atomic mass is 19.3. The maximum Gasteiger partial charge on any atom is 0.247 e. The van der Waals surface area contributed by atoms with Crippen LogP contribution in [0.25, 0.3) is 22.5 Å². The second-order valence-corrected chi connectivity index (χ2v) is 11.7. The SMILES string of the molecule is C=C(C)c1ccc(-c2cnc3c(NCCC(C)(F)F)cc(C4(c5cccc(F)c5)CC4)nn23)cc1C.CC1CC1. The fourth-order valence-electron chi connectivity index (χ4n) is 5.02. The Hall–Kier alpha value is -3.61. The Bertz CT molecular complexity index is 1540. The first-order valence-electron chi connectivity index (χ1n) is 14.0. The number of anilines is 1. The van der Waals surface area contributed by atoms with Crippen molar-refractivity contribution in [1.29, 1.82) is 0 Å². The average molecular weight is 547 g/mol. The number of fused-ring (bicyclic) bond motifs is 1. The zero-order chi connectivity index (χ0) is 28.7. The van der Waals surface area contributed by atoms with E-state index in [9.17, 15) is 13.2 Å². The molecule has 0 unspecified atom stereocenters. The number of nitrogens with one attached hydrogen (secondary N) is 1. The average Bonchev–Trinajstić information content (AvgIpc) is 3.82. The summed E-state index contributed by atoms with van der Waals surface area (Å²) in [6, 6.07) is 14.6. The van der Waals surface area contributed by atoms with Gasteiger partial charge in [-0.1, -0.05) is 56.2 Å². The molecule has 0 aliphatic heterocycles. The molecule has 0 bridgehead atoms. The van der Waals surface area contributed by atoms with Crippen LogP contribution in [0.1, 0.15) is 75.3 Å². The highest BCUT2D eigenvalue weighted by molar-refractivity contribution is 5.75. The van der Waals surface area contributed by atoms with Gasteiger partial charge in [-0.3, -0.25) is 0 Å². The van der Waals surface area contributed by atoms with Crippen molar-refractivity contribution in [3.8, 4) is 11.3 Å². The highest BCUT2D eigenvalue weighted by Gasteiger charge is 2.48. The first-order chi connectivity index (χ1) is 19.0. The predicted octanol–water partition coefficient (Wildman–Crippen LogP) is 8.83. The number of nitrogens with zero attached hydrogens (tertiary/aromatic N) is 3. The Morgan fingerprint density at radius 2 is 1.88 bits per heavy atom. The normalized spacial score (nSPS) is 15.9. The first-order valence-corrected chi connectivity index (χ1v) is 14.0. The lowest BCUT2D eigenvalue weighted by molar-refractivity contribution is 0.0167. The summed E-state index contributed by atoms with van der Waals surface area (Å²) in [6.07, 6.45) is 6.08. The molecule has 2 aliphatic carbocycles. The first kappa shape index (κ1) is 27.9. The van der Waals surface area contributed by atoms with E-state index in [-0.39, 0.29) is 18.8 Å². The molecule has 0 radical (unpaired) electrons. The maximum absolute atomic E-state index is 14.1. The van der Waals surface area contributed by atoms with Crippen molar-refractivity contribution >= 4 is 16.9 Å². The number of aromatic nitrogens is 3. The quantitative estimate of drug-likeness (QED) is 0.240. The van der Waals surface area contributed by atoms with E-state index in [1.54, 1.807) is 22.8 Å². The van der Waals surface area contributed by atoms with Gasteiger partial charge in [-0.05, 0) is 80.5 Å². The van der Waals surface area contributed by atoms with Gasteiger partial charge in [0, 0.05) is 23.9 Å². The van der Waals surface area contributed by atoms with Gasteiger partial charge in [0.05, 0.1) is 23.3 Å². The van der Waals surface area contributed by atoms with Gasteiger partial charge in [-0.15, -0.1) is 0 Å². The van der Waals surface area contributed by atoms with Crippen LogP contribution >= 0.6 is 0 Å². The zero-order valence-corrected chi connectivity index (χ0v) is 23.7. The minimum atomic E-state index is -2.78. The third-order valence-electron chi connectivity index (χ3n) is 7.81. The summed E-state index contributed by atoms with van der Waals surface area (Å²) < 4.78 is 42.9. The van der Waals surface area contributed by atoms with Crippen LogP contribution in [0, 0.1) is 18.7 Å². The van der Waals surface area contributed by atoms with Crippen molar-refractivity contribution < 1.29 is 13.2 Å². The van der Waals surface area contributed by atoms with Gasteiger partial charge in [0.1, 0.15) is 5.82 Å². The Morgan fingerprint density at radius 3 is 2.45 bits per heavy atom. The lowest BCUT2D eigenvalue weighted by Crippen LogP contribution is -2.18. The summed E-state index contributed by atoms with van der Waals surface area (Å²) in [6.45, 7) is 11.3. The number of halogens is 3. The zero-order valence-electron chi connectivity index (χ0n) is 23.7. The highest BCUT2D eigenvalue weighted by Crippen LogP contribution is 2.53. The second-order valence-electron chi connectivity index (χ2n) is 11.7. The van der Waals surface area contributed by atoms with Crippen molar-refractivity contribution in [1.82, 2.24) is 14.6 Å². The smallest absolute Gasteiger partial charge is 0.247 e. The van der Waals surface area contributed by atoms with E-state index in [1.807, 2.05) is 38.1 Å². The fraction of sp³-hybridized carbons (Fsp3) is 0.394. The number of allylic oxidation sites excluding steroid dienone is 1. The van der Waals surface area contributed by atoms with Crippen LogP contribution in [0.3, 0.4) is 0 Å². The van der Waals surface area contributed by atoms with Crippen LogP contribution in [-0.4, -0.2) is 27.1 Å². The van der Waals surface area contributed by atoms with Gasteiger partial charge in [0.15, 0.2) is 5.65 Å². The maximum atomic E-state index is 14.1. The van der Waals surface area contributed by atoms with E-state index in [0.29, 0.717) is 11.3 Å². The minimum Gasteiger partial charge on any atom is -0.382 e. The number of hydrogen-bond acceptors (Lipinski definition) is 3. The van der Waals surface area contributed by atoms with E-state index in [4.69, 9.17) is 5.10 Å². The van der Waals surface area contributed by atoms with Gasteiger partial charge in [0.2, 0.25) is 5.92 Å². The number of imidazole rings is 1. The van der Waals surface area contributed by atoms with Gasteiger partial charge >= 0.3 is 0 Å². The largest absolute Gasteiger partial charge is 0.382 e. The molecule has 0 atom stereocenters. The standard InChI is InChI=1S/C29H29F3N4.C4H8/c1-18(2)23-9-8-20(14-19(23)3)25-17-34-27-24(33-13-12-28(4,31)32)16-26(35-36(25)27)29(10-11-29)21-6-5-7-22(30)15-21;1-4-2-3-4/h5-9,14-17,33H,1,10-13H2,2-4H3;4H,2-3H2,1H3. The molecule has 2 aromatic heterocycles. The van der Waals surface area contributed by atoms with Crippen molar-refractivity contribution in [2.24, 2.45) is 5.92 Å². The number of aryl methyl sites for hydroxylation is 1. The Morgan fingerprint density at radius 1 is 1.15 bits per heavy atom. The van der Waals surface area contributed by atoms with Crippen molar-refractivity contribution in [3.05, 3.63) is 89.5 Å². The van der Waals surface area contributed by atoms with Crippen LogP contribution in [0.15, 0.2) is 61.3 Å². The molecule has 40 heavy (non-hydrogen) atoms. The molecule has 7 heteroatoms. The molecule has 2 aromatic carbocycles. The van der Waals surface area contributed by atoms with Crippen molar-refractivity contribution in [3.63, 3.8) is 0 Å². The molecular weight excluding hydrogens is 509 g/mol. The Balaban J connectivity index is 0.000000741. The Labute approximate surface area is 234 Å². The fourth-order valence-corrected chi connectivity index (χ4v) is 5.02. The monoisotopic (exact) mass is 546 g/mol. The Kier molecular flexibility index (Phi) is 7.51. The molecule has 4 nitrogen and oxygen atoms in total. The van der Waals surface area contributed by atoms with E-state index in [1.165, 1.54) is 18.9 Å². The molecule has 0 amide bonds. The van der Waals surface area contributed by atoms with E-state index in [2.05, 4.69) is 29.9 Å². The van der Waals surface area contributed by atoms with Crippen LogP contribution < -0.4 is 5.32 Å². The van der Waals surface area contributed by atoms with Crippen LogP contribution in [0.4, 0.5) is 18.9 Å². The molecule has 2 fully saturated rings. The summed E-state index contributed by atoms with van der Waals surface area (Å²) in [5.74, 6) is -1.98. The van der Waals surface area contributed by atoms with Gasteiger partial charge in [0.25, 0.3) is 0 Å². The van der Waals surface area contributed by atoms with Crippen molar-refractivity contribution in [2.75, 3.05) is 11.9 Å². The number of rotatable bonds is 8. The number of hydrogen-bond donors (Lipinski definition) is 1. The summed E-state index contributed by atoms with van der Waals surface area (Å²) >= 11 is 0. The van der Waals surface area contributed by atoms with Crippen LogP contribution in [0.2, 0.25) is 0 Å². The molecule has 1 N–H and O–H groups in total. The lowest BCUT2D eigenvalue weighted by atomic mass is 9.92. The second kappa shape index (κ2) is 10.8. The molecule has 0 spiro atoms. The number of benzene rings is 2. The molecule has 2 aliphatic rings. The van der Waals surface area contributed by atoms with E-state index >= 15 is 0 Å². The molecule has 2 saturated carbocycles. The molecule has 0 saturated heterocycles. The van der Waals surface area contributed by atoms with Crippen molar-refractivity contribution in [2.45, 2.75) is 71.1 Å². The summed E-state index contributed by atoms with van der Waals surface area (Å²) in [5, 5.41) is 8.14. The summed E-state index contributed by atoms with van der Waals surface area (Å²) in [5.41, 5.74) is 7.31. The predicted molar refractivity (Wildman–Crippen MR) is 156 cm³/mol. The molecule has 2 heterocycles. The molecule has 4 aromatic rings. The molecule has 6 rings (SSSR count). The van der Waals surface area contributed by atoms with Crippen LogP contribution in [0.5, 0.6) is 0 Å². The molecule has 210 valence electrons. The minimum absolute atomic E-state index is 0.0875. The van der Waals surface area contributed by atoms with Gasteiger partial charge < -0.3 is 5.32 Å². The van der Waals surface area contributed by atoms with E-state index in [0.717, 1.165) is 64.9 Å². The topological polar surface area (TPSA) is 42.2 Å². The third-order valence-corrected chi connectivity index (χ3v) is 7.81. The summed E-state index contributed by atoms with van der Waals surface area (Å²) in [7, 11) is 0.